The molecule has 1 fully saturated rings. The number of halogens is 1. The second kappa shape index (κ2) is 6.75. The molecular weight excluding hydrogens is 356 g/mol. The van der Waals surface area contributed by atoms with Crippen molar-refractivity contribution in [3.63, 3.8) is 0 Å². The summed E-state index contributed by atoms with van der Waals surface area (Å²) in [6.07, 6.45) is 0.732. The van der Waals surface area contributed by atoms with Crippen LogP contribution < -0.4 is 5.32 Å². The number of nitrogens with one attached hydrogen (secondary N) is 1. The van der Waals surface area contributed by atoms with Crippen molar-refractivity contribution in [2.45, 2.75) is 30.9 Å². The summed E-state index contributed by atoms with van der Waals surface area (Å²) in [5.41, 5.74) is 1.69. The Bertz CT molecular complexity index is 619. The lowest BCUT2D eigenvalue weighted by Gasteiger charge is -2.19. The van der Waals surface area contributed by atoms with E-state index in [1.165, 1.54) is 4.31 Å². The molecule has 0 aromatic heterocycles. The Morgan fingerprint density at radius 1 is 1.48 bits per heavy atom. The van der Waals surface area contributed by atoms with E-state index >= 15 is 0 Å². The first-order valence-electron chi connectivity index (χ1n) is 6.86. The first-order chi connectivity index (χ1) is 9.90. The molecule has 0 amide bonds. The Hall–Kier alpha value is -0.470. The summed E-state index contributed by atoms with van der Waals surface area (Å²) in [6.45, 7) is 3.38. The molecular formula is C14H21BrN2O3S. The van der Waals surface area contributed by atoms with Gasteiger partial charge in [0.25, 0.3) is 0 Å². The minimum Gasteiger partial charge on any atom is -0.380 e. The Balaban J connectivity index is 2.40. The molecule has 2 rings (SSSR count). The largest absolute Gasteiger partial charge is 0.380 e. The molecule has 21 heavy (non-hydrogen) atoms. The monoisotopic (exact) mass is 376 g/mol. The molecule has 1 unspecified atom stereocenters. The van der Waals surface area contributed by atoms with Gasteiger partial charge in [-0.3, -0.25) is 0 Å². The molecule has 118 valence electrons. The second-order valence-corrected chi connectivity index (χ2v) is 8.00. The molecule has 0 saturated carbocycles. The lowest BCUT2D eigenvalue weighted by Crippen LogP contribution is -2.30. The van der Waals surface area contributed by atoms with Crippen LogP contribution >= 0.6 is 15.9 Å². The number of sulfonamides is 1. The Kier molecular flexibility index (Phi) is 5.43. The van der Waals surface area contributed by atoms with Crippen LogP contribution in [-0.4, -0.2) is 46.1 Å². The van der Waals surface area contributed by atoms with E-state index in [0.29, 0.717) is 24.5 Å². The van der Waals surface area contributed by atoms with Crippen LogP contribution in [-0.2, 0) is 21.3 Å². The fourth-order valence-corrected chi connectivity index (χ4v) is 4.95. The fourth-order valence-electron chi connectivity index (χ4n) is 2.53. The van der Waals surface area contributed by atoms with Crippen molar-refractivity contribution in [2.75, 3.05) is 27.2 Å². The van der Waals surface area contributed by atoms with Gasteiger partial charge in [-0.1, -0.05) is 15.9 Å². The first-order valence-corrected chi connectivity index (χ1v) is 9.10. The molecule has 0 bridgehead atoms. The van der Waals surface area contributed by atoms with Crippen molar-refractivity contribution in [3.8, 4) is 0 Å². The maximum atomic E-state index is 12.9. The number of hydrogen-bond acceptors (Lipinski definition) is 4. The van der Waals surface area contributed by atoms with Gasteiger partial charge in [-0.15, -0.1) is 0 Å². The highest BCUT2D eigenvalue weighted by molar-refractivity contribution is 9.10. The van der Waals surface area contributed by atoms with Gasteiger partial charge in [0.1, 0.15) is 0 Å². The van der Waals surface area contributed by atoms with Gasteiger partial charge in [-0.2, -0.15) is 4.31 Å². The highest BCUT2D eigenvalue weighted by atomic mass is 79.9. The Labute approximate surface area is 134 Å². The van der Waals surface area contributed by atoms with Crippen LogP contribution in [0.25, 0.3) is 0 Å². The van der Waals surface area contributed by atoms with Crippen molar-refractivity contribution >= 4 is 26.0 Å². The predicted octanol–water partition coefficient (Wildman–Crippen LogP) is 1.89. The number of ether oxygens (including phenoxy) is 1. The van der Waals surface area contributed by atoms with E-state index in [1.807, 2.05) is 20.0 Å². The van der Waals surface area contributed by atoms with Crippen LogP contribution in [0.2, 0.25) is 0 Å². The van der Waals surface area contributed by atoms with Crippen LogP contribution in [0.5, 0.6) is 0 Å². The maximum Gasteiger partial charge on any atom is 0.243 e. The summed E-state index contributed by atoms with van der Waals surface area (Å²) in [4.78, 5) is 0.374. The zero-order valence-corrected chi connectivity index (χ0v) is 14.9. The third-order valence-corrected chi connectivity index (χ3v) is 6.61. The van der Waals surface area contributed by atoms with E-state index in [9.17, 15) is 8.42 Å². The summed E-state index contributed by atoms with van der Waals surface area (Å²) in [5, 5.41) is 3.05. The maximum absolute atomic E-state index is 12.9. The van der Waals surface area contributed by atoms with E-state index in [-0.39, 0.29) is 6.10 Å². The molecule has 1 atom stereocenters. The van der Waals surface area contributed by atoms with Gasteiger partial charge in [0.15, 0.2) is 0 Å². The number of rotatable bonds is 5. The first kappa shape index (κ1) is 16.9. The van der Waals surface area contributed by atoms with Gasteiger partial charge in [-0.25, -0.2) is 8.42 Å². The minimum absolute atomic E-state index is 0.0102. The smallest absolute Gasteiger partial charge is 0.243 e. The van der Waals surface area contributed by atoms with Crippen LogP contribution in [0.4, 0.5) is 0 Å². The average Bonchev–Trinajstić information content (AvgIpc) is 2.92. The Morgan fingerprint density at radius 2 is 2.19 bits per heavy atom. The van der Waals surface area contributed by atoms with E-state index in [4.69, 9.17) is 4.74 Å². The molecule has 0 spiro atoms. The molecule has 1 aliphatic heterocycles. The summed E-state index contributed by atoms with van der Waals surface area (Å²) in [6, 6.07) is 3.71. The van der Waals surface area contributed by atoms with Crippen LogP contribution in [0.15, 0.2) is 21.5 Å². The van der Waals surface area contributed by atoms with Crippen LogP contribution in [0.1, 0.15) is 17.5 Å². The van der Waals surface area contributed by atoms with Crippen molar-refractivity contribution < 1.29 is 13.2 Å². The second-order valence-electron chi connectivity index (χ2n) is 5.24. The molecule has 0 aliphatic carbocycles. The summed E-state index contributed by atoms with van der Waals surface area (Å²) in [5.74, 6) is 0. The molecule has 1 heterocycles. The van der Waals surface area contributed by atoms with E-state index in [1.54, 1.807) is 13.2 Å². The van der Waals surface area contributed by atoms with Crippen molar-refractivity contribution in [3.05, 3.63) is 27.7 Å². The topological polar surface area (TPSA) is 58.6 Å². The normalized spacial score (nSPS) is 20.1. The molecule has 5 nitrogen and oxygen atoms in total. The van der Waals surface area contributed by atoms with Crippen LogP contribution in [0.3, 0.4) is 0 Å². The fraction of sp³-hybridized carbons (Fsp3) is 0.571. The van der Waals surface area contributed by atoms with E-state index in [2.05, 4.69) is 21.2 Å². The third-order valence-electron chi connectivity index (χ3n) is 3.80. The van der Waals surface area contributed by atoms with Gasteiger partial charge in [0.2, 0.25) is 10.0 Å². The molecule has 1 aromatic rings. The average molecular weight is 377 g/mol. The van der Waals surface area contributed by atoms with Gasteiger partial charge < -0.3 is 10.1 Å². The SMILES string of the molecule is CNCc1cc(Br)c(C)c(S(=O)(=O)N2CCC(OC)C2)c1. The predicted molar refractivity (Wildman–Crippen MR) is 85.8 cm³/mol. The zero-order valence-electron chi connectivity index (χ0n) is 12.5. The van der Waals surface area contributed by atoms with Gasteiger partial charge in [-0.05, 0) is 43.7 Å². The molecule has 1 saturated heterocycles. The summed E-state index contributed by atoms with van der Waals surface area (Å²) >= 11 is 3.46. The van der Waals surface area contributed by atoms with E-state index < -0.39 is 10.0 Å². The number of methoxy groups -OCH3 is 1. The quantitative estimate of drug-likeness (QED) is 0.852. The molecule has 1 aliphatic rings. The molecule has 0 radical (unpaired) electrons. The Morgan fingerprint density at radius 3 is 2.76 bits per heavy atom. The van der Waals surface area contributed by atoms with Crippen molar-refractivity contribution in [1.82, 2.24) is 9.62 Å². The lowest BCUT2D eigenvalue weighted by atomic mass is 10.1. The standard InChI is InChI=1S/C14H21BrN2O3S/c1-10-13(15)6-11(8-16-2)7-14(10)21(18,19)17-5-4-12(9-17)20-3/h6-7,12,16H,4-5,8-9H2,1-3H3. The molecule has 7 heteroatoms. The highest BCUT2D eigenvalue weighted by Crippen LogP contribution is 2.30. The molecule has 1 aromatic carbocycles. The number of hydrogen-bond donors (Lipinski definition) is 1. The number of nitrogens with zero attached hydrogens (tertiary/aromatic N) is 1. The van der Waals surface area contributed by atoms with Crippen LogP contribution in [0, 0.1) is 6.92 Å². The van der Waals surface area contributed by atoms with E-state index in [0.717, 1.165) is 22.0 Å². The lowest BCUT2D eigenvalue weighted by molar-refractivity contribution is 0.115. The molecule has 1 N–H and O–H groups in total. The van der Waals surface area contributed by atoms with Gasteiger partial charge >= 0.3 is 0 Å². The highest BCUT2D eigenvalue weighted by Gasteiger charge is 2.33. The van der Waals surface area contributed by atoms with Crippen molar-refractivity contribution in [2.24, 2.45) is 0 Å². The van der Waals surface area contributed by atoms with Gasteiger partial charge in [0.05, 0.1) is 11.0 Å². The summed E-state index contributed by atoms with van der Waals surface area (Å²) < 4.78 is 33.3. The number of benzene rings is 1. The summed E-state index contributed by atoms with van der Waals surface area (Å²) in [7, 11) is -0.0201. The van der Waals surface area contributed by atoms with Crippen molar-refractivity contribution in [1.29, 1.82) is 0 Å². The minimum atomic E-state index is -3.48. The zero-order chi connectivity index (χ0) is 15.6. The van der Waals surface area contributed by atoms with Gasteiger partial charge in [0, 0.05) is 31.2 Å². The third kappa shape index (κ3) is 3.48.